The van der Waals surface area contributed by atoms with Crippen LogP contribution >= 0.6 is 0 Å². The normalized spacial score (nSPS) is 18.3. The van der Waals surface area contributed by atoms with Crippen LogP contribution < -0.4 is 15.5 Å². The van der Waals surface area contributed by atoms with Crippen molar-refractivity contribution in [2.75, 3.05) is 42.9 Å². The number of aromatic nitrogens is 2. The maximum atomic E-state index is 4.66. The summed E-state index contributed by atoms with van der Waals surface area (Å²) in [5.74, 6) is 1.38. The number of nitrogens with zero attached hydrogens (tertiary/aromatic N) is 4. The second kappa shape index (κ2) is 9.83. The van der Waals surface area contributed by atoms with Gasteiger partial charge in [0.15, 0.2) is 0 Å². The van der Waals surface area contributed by atoms with E-state index in [1.54, 1.807) is 0 Å². The summed E-state index contributed by atoms with van der Waals surface area (Å²) in [7, 11) is 0. The standard InChI is InChI=1S/C23H32N6/c1-18-20(16-25-15-19-5-3-2-4-6-19)17-26-23(27-18)28-21-7-9-22(10-8-21)29-13-11-24-12-14-29/h7-10,16-17,19,24H,2-6,11-15H2,1H3,(H,26,27,28). The third-order valence-corrected chi connectivity index (χ3v) is 5.94. The van der Waals surface area contributed by atoms with Crippen molar-refractivity contribution >= 4 is 23.5 Å². The molecule has 2 N–H and O–H groups in total. The van der Waals surface area contributed by atoms with Crippen molar-refractivity contribution in [1.29, 1.82) is 0 Å². The largest absolute Gasteiger partial charge is 0.369 e. The zero-order valence-electron chi connectivity index (χ0n) is 17.4. The molecule has 1 aliphatic carbocycles. The Hall–Kier alpha value is -2.47. The van der Waals surface area contributed by atoms with E-state index in [0.717, 1.165) is 55.6 Å². The molecule has 0 atom stereocenters. The Kier molecular flexibility index (Phi) is 6.72. The van der Waals surface area contributed by atoms with Crippen LogP contribution in [0.15, 0.2) is 35.5 Å². The first kappa shape index (κ1) is 19.8. The Labute approximate surface area is 173 Å². The highest BCUT2D eigenvalue weighted by Gasteiger charge is 2.12. The highest BCUT2D eigenvalue weighted by Crippen LogP contribution is 2.24. The van der Waals surface area contributed by atoms with Gasteiger partial charge >= 0.3 is 0 Å². The minimum absolute atomic E-state index is 0.627. The molecule has 1 aromatic carbocycles. The zero-order chi connectivity index (χ0) is 19.9. The molecule has 6 nitrogen and oxygen atoms in total. The lowest BCUT2D eigenvalue weighted by molar-refractivity contribution is 0.367. The fourth-order valence-electron chi connectivity index (χ4n) is 4.14. The van der Waals surface area contributed by atoms with E-state index >= 15 is 0 Å². The van der Waals surface area contributed by atoms with Gasteiger partial charge in [-0.3, -0.25) is 4.99 Å². The average molecular weight is 393 g/mol. The summed E-state index contributed by atoms with van der Waals surface area (Å²) in [6, 6.07) is 8.50. The molecule has 2 aromatic rings. The second-order valence-corrected chi connectivity index (χ2v) is 8.14. The first-order chi connectivity index (χ1) is 14.3. The predicted molar refractivity (Wildman–Crippen MR) is 121 cm³/mol. The SMILES string of the molecule is Cc1nc(Nc2ccc(N3CCNCC3)cc2)ncc1C=NCC1CCCCC1. The second-order valence-electron chi connectivity index (χ2n) is 8.14. The first-order valence-corrected chi connectivity index (χ1v) is 10.9. The van der Waals surface area contributed by atoms with E-state index in [1.165, 1.54) is 37.8 Å². The van der Waals surface area contributed by atoms with Crippen molar-refractivity contribution in [3.63, 3.8) is 0 Å². The average Bonchev–Trinajstić information content (AvgIpc) is 2.77. The van der Waals surface area contributed by atoms with Crippen molar-refractivity contribution in [1.82, 2.24) is 15.3 Å². The molecule has 2 fully saturated rings. The van der Waals surface area contributed by atoms with Gasteiger partial charge in [-0.1, -0.05) is 19.3 Å². The lowest BCUT2D eigenvalue weighted by atomic mass is 9.89. The molecule has 1 saturated heterocycles. The van der Waals surface area contributed by atoms with Crippen molar-refractivity contribution in [3.8, 4) is 0 Å². The lowest BCUT2D eigenvalue weighted by Gasteiger charge is -2.29. The molecule has 0 amide bonds. The van der Waals surface area contributed by atoms with E-state index in [1.807, 2.05) is 19.3 Å². The van der Waals surface area contributed by atoms with Crippen LogP contribution in [0.3, 0.4) is 0 Å². The molecule has 1 aliphatic heterocycles. The van der Waals surface area contributed by atoms with E-state index in [9.17, 15) is 0 Å². The zero-order valence-corrected chi connectivity index (χ0v) is 17.4. The van der Waals surface area contributed by atoms with Crippen LogP contribution in [0.2, 0.25) is 0 Å². The van der Waals surface area contributed by atoms with Crippen LogP contribution in [0.4, 0.5) is 17.3 Å². The number of benzene rings is 1. The van der Waals surface area contributed by atoms with Gasteiger partial charge in [-0.15, -0.1) is 0 Å². The molecule has 0 bridgehead atoms. The van der Waals surface area contributed by atoms with Gasteiger partial charge in [-0.2, -0.15) is 0 Å². The molecule has 6 heteroatoms. The molecule has 29 heavy (non-hydrogen) atoms. The lowest BCUT2D eigenvalue weighted by Crippen LogP contribution is -2.43. The summed E-state index contributed by atoms with van der Waals surface area (Å²) in [5, 5.41) is 6.70. The minimum atomic E-state index is 0.627. The molecule has 0 spiro atoms. The molecule has 154 valence electrons. The number of hydrogen-bond acceptors (Lipinski definition) is 6. The van der Waals surface area contributed by atoms with Gasteiger partial charge in [0.25, 0.3) is 0 Å². The van der Waals surface area contributed by atoms with Crippen LogP contribution in [0, 0.1) is 12.8 Å². The van der Waals surface area contributed by atoms with Crippen molar-refractivity contribution in [2.24, 2.45) is 10.9 Å². The molecule has 2 heterocycles. The molecule has 1 saturated carbocycles. The van der Waals surface area contributed by atoms with Crippen LogP contribution in [-0.2, 0) is 0 Å². The smallest absolute Gasteiger partial charge is 0.227 e. The molecule has 1 aromatic heterocycles. The number of anilines is 3. The van der Waals surface area contributed by atoms with E-state index in [-0.39, 0.29) is 0 Å². The third kappa shape index (κ3) is 5.54. The van der Waals surface area contributed by atoms with E-state index < -0.39 is 0 Å². The Morgan fingerprint density at radius 2 is 1.90 bits per heavy atom. The summed E-state index contributed by atoms with van der Waals surface area (Å²) >= 11 is 0. The minimum Gasteiger partial charge on any atom is -0.369 e. The summed E-state index contributed by atoms with van der Waals surface area (Å²) in [6.45, 7) is 7.14. The topological polar surface area (TPSA) is 65.4 Å². The van der Waals surface area contributed by atoms with E-state index in [4.69, 9.17) is 0 Å². The van der Waals surface area contributed by atoms with E-state index in [2.05, 4.69) is 54.8 Å². The third-order valence-electron chi connectivity index (χ3n) is 5.94. The Bertz CT molecular complexity index is 805. The van der Waals surface area contributed by atoms with Gasteiger partial charge < -0.3 is 15.5 Å². The maximum absolute atomic E-state index is 4.66. The molecule has 0 unspecified atom stereocenters. The molecule has 2 aliphatic rings. The van der Waals surface area contributed by atoms with Crippen LogP contribution in [0.1, 0.15) is 43.4 Å². The van der Waals surface area contributed by atoms with Gasteiger partial charge in [0, 0.05) is 62.1 Å². The van der Waals surface area contributed by atoms with Crippen LogP contribution in [-0.4, -0.2) is 48.9 Å². The summed E-state index contributed by atoms with van der Waals surface area (Å²) in [6.07, 6.45) is 10.6. The van der Waals surface area contributed by atoms with Crippen molar-refractivity contribution in [3.05, 3.63) is 41.7 Å². The number of aryl methyl sites for hydroxylation is 1. The van der Waals surface area contributed by atoms with Crippen LogP contribution in [0.25, 0.3) is 0 Å². The number of rotatable bonds is 6. The van der Waals surface area contributed by atoms with Gasteiger partial charge in [0.1, 0.15) is 0 Å². The summed E-state index contributed by atoms with van der Waals surface area (Å²) in [4.78, 5) is 16.2. The maximum Gasteiger partial charge on any atom is 0.227 e. The number of aliphatic imine (C=N–C) groups is 1. The Morgan fingerprint density at radius 1 is 1.14 bits per heavy atom. The monoisotopic (exact) mass is 392 g/mol. The highest BCUT2D eigenvalue weighted by molar-refractivity contribution is 5.80. The number of piperazine rings is 1. The van der Waals surface area contributed by atoms with Gasteiger partial charge in [0.2, 0.25) is 5.95 Å². The quantitative estimate of drug-likeness (QED) is 0.729. The molecule has 0 radical (unpaired) electrons. The van der Waals surface area contributed by atoms with Crippen molar-refractivity contribution < 1.29 is 0 Å². The number of nitrogens with one attached hydrogen (secondary N) is 2. The summed E-state index contributed by atoms with van der Waals surface area (Å²) < 4.78 is 0. The Balaban J connectivity index is 1.33. The fraction of sp³-hybridized carbons (Fsp3) is 0.522. The molecular weight excluding hydrogens is 360 g/mol. The highest BCUT2D eigenvalue weighted by atomic mass is 15.2. The van der Waals surface area contributed by atoms with Crippen LogP contribution in [0.5, 0.6) is 0 Å². The number of hydrogen-bond donors (Lipinski definition) is 2. The molecular formula is C23H32N6. The van der Waals surface area contributed by atoms with Gasteiger partial charge in [0.05, 0.1) is 5.69 Å². The predicted octanol–water partition coefficient (Wildman–Crippen LogP) is 3.94. The van der Waals surface area contributed by atoms with Crippen molar-refractivity contribution in [2.45, 2.75) is 39.0 Å². The summed E-state index contributed by atoms with van der Waals surface area (Å²) in [5.41, 5.74) is 4.22. The fourth-order valence-corrected chi connectivity index (χ4v) is 4.14. The van der Waals surface area contributed by atoms with E-state index in [0.29, 0.717) is 5.95 Å². The molecule has 4 rings (SSSR count). The first-order valence-electron chi connectivity index (χ1n) is 10.9. The van der Waals surface area contributed by atoms with Gasteiger partial charge in [-0.25, -0.2) is 9.97 Å². The Morgan fingerprint density at radius 3 is 2.62 bits per heavy atom. The van der Waals surface area contributed by atoms with Gasteiger partial charge in [-0.05, 0) is 49.9 Å².